The number of carbonyl (C=O) groups excluding carboxylic acids is 3. The lowest BCUT2D eigenvalue weighted by atomic mass is 9.78. The average molecular weight is 757 g/mol. The molecule has 0 radical (unpaired) electrons. The van der Waals surface area contributed by atoms with Crippen molar-refractivity contribution in [3.63, 3.8) is 0 Å². The van der Waals surface area contributed by atoms with E-state index in [1.54, 1.807) is 33.5 Å². The molecule has 2 aliphatic rings. The molecule has 0 aromatic heterocycles. The summed E-state index contributed by atoms with van der Waals surface area (Å²) in [7, 11) is 7.63. The molecule has 0 spiro atoms. The second-order valence-electron chi connectivity index (χ2n) is 11.1. The molecule has 250 valence electrons. The van der Waals surface area contributed by atoms with Gasteiger partial charge in [-0.05, 0) is 73.9 Å². The minimum Gasteiger partial charge on any atom is -0.493 e. The summed E-state index contributed by atoms with van der Waals surface area (Å²) < 4.78 is 26.1. The predicted octanol–water partition coefficient (Wildman–Crippen LogP) is 8.21. The van der Waals surface area contributed by atoms with E-state index in [4.69, 9.17) is 23.7 Å². The second-order valence-corrected chi connectivity index (χ2v) is 12.7. The van der Waals surface area contributed by atoms with E-state index in [0.29, 0.717) is 41.4 Å². The first-order valence-electron chi connectivity index (χ1n) is 15.0. The van der Waals surface area contributed by atoms with Crippen LogP contribution in [-0.2, 0) is 22.4 Å². The molecule has 0 N–H and O–H groups in total. The van der Waals surface area contributed by atoms with E-state index in [1.807, 2.05) is 12.1 Å². The Morgan fingerprint density at radius 2 is 1.24 bits per heavy atom. The van der Waals surface area contributed by atoms with E-state index < -0.39 is 11.4 Å². The van der Waals surface area contributed by atoms with Crippen LogP contribution in [0.5, 0.6) is 23.0 Å². The molecule has 8 nitrogen and oxygen atoms in total. The Bertz CT molecular complexity index is 1310. The SMILES string of the molecule is C.COC(=O)C1(CCCCCBr)Cc2cc(OC)c(OC)cc2C1=O.COc1cc2c(cc1OC)C(=O)C(CCCCCBr)C2. The Labute approximate surface area is 285 Å². The van der Waals surface area contributed by atoms with Gasteiger partial charge in [0.1, 0.15) is 5.41 Å². The van der Waals surface area contributed by atoms with Crippen LogP contribution in [0.1, 0.15) is 90.6 Å². The predicted molar refractivity (Wildman–Crippen MR) is 184 cm³/mol. The number of esters is 1. The molecular formula is C35H48Br2O8. The lowest BCUT2D eigenvalue weighted by molar-refractivity contribution is -0.149. The summed E-state index contributed by atoms with van der Waals surface area (Å²) in [6, 6.07) is 7.23. The van der Waals surface area contributed by atoms with Crippen molar-refractivity contribution in [1.29, 1.82) is 0 Å². The van der Waals surface area contributed by atoms with Crippen molar-refractivity contribution in [2.75, 3.05) is 46.2 Å². The number of hydrogen-bond acceptors (Lipinski definition) is 8. The summed E-state index contributed by atoms with van der Waals surface area (Å²) in [6.45, 7) is 0. The van der Waals surface area contributed by atoms with Gasteiger partial charge in [-0.2, -0.15) is 0 Å². The Morgan fingerprint density at radius 1 is 0.733 bits per heavy atom. The number of alkyl halides is 2. The number of rotatable bonds is 15. The van der Waals surface area contributed by atoms with Crippen molar-refractivity contribution < 1.29 is 38.1 Å². The van der Waals surface area contributed by atoms with Crippen LogP contribution < -0.4 is 18.9 Å². The fourth-order valence-electron chi connectivity index (χ4n) is 6.10. The normalized spacial score (nSPS) is 17.8. The number of ether oxygens (including phenoxy) is 5. The van der Waals surface area contributed by atoms with Crippen LogP contribution in [0.2, 0.25) is 0 Å². The molecule has 0 saturated carbocycles. The van der Waals surface area contributed by atoms with Gasteiger partial charge in [0.15, 0.2) is 34.6 Å². The highest BCUT2D eigenvalue weighted by Crippen LogP contribution is 2.45. The topological polar surface area (TPSA) is 97.4 Å². The van der Waals surface area contributed by atoms with E-state index in [-0.39, 0.29) is 24.9 Å². The van der Waals surface area contributed by atoms with Crippen LogP contribution in [0.25, 0.3) is 0 Å². The first-order valence-corrected chi connectivity index (χ1v) is 17.3. The molecule has 2 unspecified atom stereocenters. The second kappa shape index (κ2) is 18.5. The average Bonchev–Trinajstić information content (AvgIpc) is 3.51. The molecule has 2 aromatic carbocycles. The number of hydrogen-bond donors (Lipinski definition) is 0. The molecule has 45 heavy (non-hydrogen) atoms. The molecular weight excluding hydrogens is 708 g/mol. The summed E-state index contributed by atoms with van der Waals surface area (Å²) in [5.41, 5.74) is 2.12. The Kier molecular flexibility index (Phi) is 15.9. The third-order valence-corrected chi connectivity index (χ3v) is 9.61. The van der Waals surface area contributed by atoms with Crippen LogP contribution >= 0.6 is 31.9 Å². The maximum atomic E-state index is 13.0. The van der Waals surface area contributed by atoms with Gasteiger partial charge in [0.05, 0.1) is 35.5 Å². The highest BCUT2D eigenvalue weighted by atomic mass is 79.9. The summed E-state index contributed by atoms with van der Waals surface area (Å²) in [6.07, 6.45) is 8.90. The zero-order valence-electron chi connectivity index (χ0n) is 26.4. The van der Waals surface area contributed by atoms with Crippen LogP contribution in [0.4, 0.5) is 0 Å². The van der Waals surface area contributed by atoms with Crippen LogP contribution in [0, 0.1) is 11.3 Å². The lowest BCUT2D eigenvalue weighted by Crippen LogP contribution is -2.38. The maximum Gasteiger partial charge on any atom is 0.320 e. The van der Waals surface area contributed by atoms with Gasteiger partial charge in [-0.1, -0.05) is 65.0 Å². The van der Waals surface area contributed by atoms with E-state index >= 15 is 0 Å². The zero-order valence-corrected chi connectivity index (χ0v) is 29.6. The van der Waals surface area contributed by atoms with E-state index in [1.165, 1.54) is 27.1 Å². The van der Waals surface area contributed by atoms with Crippen LogP contribution in [0.3, 0.4) is 0 Å². The van der Waals surface area contributed by atoms with Crippen molar-refractivity contribution in [1.82, 2.24) is 0 Å². The number of fused-ring (bicyclic) bond motifs is 2. The molecule has 0 amide bonds. The van der Waals surface area contributed by atoms with E-state index in [2.05, 4.69) is 31.9 Å². The highest BCUT2D eigenvalue weighted by molar-refractivity contribution is 9.09. The van der Waals surface area contributed by atoms with Gasteiger partial charge < -0.3 is 23.7 Å². The Balaban J connectivity index is 0.000000311. The molecule has 4 rings (SSSR count). The maximum absolute atomic E-state index is 13.0. The number of methoxy groups -OCH3 is 5. The molecule has 0 fully saturated rings. The fraction of sp³-hybridized carbons (Fsp3) is 0.571. The number of halogens is 2. The van der Waals surface area contributed by atoms with Crippen molar-refractivity contribution in [2.45, 2.75) is 71.6 Å². The number of unbranched alkanes of at least 4 members (excludes halogenated alkanes) is 4. The van der Waals surface area contributed by atoms with E-state index in [0.717, 1.165) is 65.9 Å². The molecule has 0 aliphatic heterocycles. The van der Waals surface area contributed by atoms with Crippen molar-refractivity contribution >= 4 is 49.4 Å². The first-order chi connectivity index (χ1) is 21.2. The molecule has 0 heterocycles. The summed E-state index contributed by atoms with van der Waals surface area (Å²) in [4.78, 5) is 37.9. The number of carbonyl (C=O) groups is 3. The van der Waals surface area contributed by atoms with Crippen LogP contribution in [-0.4, -0.2) is 63.7 Å². The molecule has 0 saturated heterocycles. The quantitative estimate of drug-likeness (QED) is 0.0777. The van der Waals surface area contributed by atoms with Gasteiger partial charge in [-0.25, -0.2) is 0 Å². The molecule has 0 bridgehead atoms. The van der Waals surface area contributed by atoms with Gasteiger partial charge >= 0.3 is 5.97 Å². The van der Waals surface area contributed by atoms with Crippen molar-refractivity contribution in [2.24, 2.45) is 11.3 Å². The van der Waals surface area contributed by atoms with Crippen molar-refractivity contribution in [3.8, 4) is 23.0 Å². The zero-order chi connectivity index (χ0) is 32.3. The summed E-state index contributed by atoms with van der Waals surface area (Å²) in [5, 5.41) is 1.96. The lowest BCUT2D eigenvalue weighted by Gasteiger charge is -2.24. The molecule has 2 atom stereocenters. The Morgan fingerprint density at radius 3 is 1.78 bits per heavy atom. The third-order valence-electron chi connectivity index (χ3n) is 8.49. The highest BCUT2D eigenvalue weighted by Gasteiger charge is 2.52. The minimum absolute atomic E-state index is 0. The fourth-order valence-corrected chi connectivity index (χ4v) is 6.89. The summed E-state index contributed by atoms with van der Waals surface area (Å²) in [5.74, 6) is 2.16. The third kappa shape index (κ3) is 8.82. The van der Waals surface area contributed by atoms with Gasteiger partial charge in [0.25, 0.3) is 0 Å². The van der Waals surface area contributed by atoms with Crippen LogP contribution in [0.15, 0.2) is 24.3 Å². The molecule has 2 aliphatic carbocycles. The van der Waals surface area contributed by atoms with Gasteiger partial charge in [-0.15, -0.1) is 0 Å². The number of benzene rings is 2. The van der Waals surface area contributed by atoms with Gasteiger partial charge in [0, 0.05) is 27.7 Å². The number of Topliss-reactive ketones (excluding diaryl/α,β-unsaturated/α-hetero) is 2. The largest absolute Gasteiger partial charge is 0.493 e. The summed E-state index contributed by atoms with van der Waals surface area (Å²) >= 11 is 6.83. The van der Waals surface area contributed by atoms with Crippen molar-refractivity contribution in [3.05, 3.63) is 46.5 Å². The molecule has 10 heteroatoms. The van der Waals surface area contributed by atoms with Gasteiger partial charge in [-0.3, -0.25) is 14.4 Å². The Hall–Kier alpha value is -2.59. The smallest absolute Gasteiger partial charge is 0.320 e. The standard InChI is InChI=1S/C18H23BrO5.C16H21BrO3.CH4/c1-22-14-9-12-11-18(17(21)24-3,7-5-4-6-8-19)16(20)13(12)10-15(14)23-2;1-19-14-9-12-8-11(6-4-3-5-7-17)16(18)13(12)10-15(14)20-2;/h9-10H,4-8,11H2,1-3H3;9-11H,3-8H2,1-2H3;1H4. The minimum atomic E-state index is -1.12. The number of ketones is 2. The molecule has 2 aromatic rings. The monoisotopic (exact) mass is 754 g/mol. The van der Waals surface area contributed by atoms with Gasteiger partial charge in [0.2, 0.25) is 0 Å². The first kappa shape index (κ1) is 38.6. The van der Waals surface area contributed by atoms with E-state index in [9.17, 15) is 14.4 Å².